The zero-order valence-corrected chi connectivity index (χ0v) is 33.6. The van der Waals surface area contributed by atoms with Gasteiger partial charge in [-0.15, -0.1) is 0 Å². The fourth-order valence-corrected chi connectivity index (χ4v) is 8.07. The SMILES string of the molecule is CC(Cc1ccccc1)c1ccc(-c2c(-c3ccc(-n4c5ccccc5c5ccccc54)cc3)ccc3ccccc23)cc1.C\C=C/C(C)=C\C=C\c1ccccc1. The van der Waals surface area contributed by atoms with E-state index in [-0.39, 0.29) is 0 Å². The Morgan fingerprint density at radius 2 is 1.12 bits per heavy atom. The van der Waals surface area contributed by atoms with Gasteiger partial charge in [0.25, 0.3) is 0 Å². The zero-order chi connectivity index (χ0) is 39.7. The highest BCUT2D eigenvalue weighted by Gasteiger charge is 2.15. The van der Waals surface area contributed by atoms with Crippen molar-refractivity contribution in [3.05, 3.63) is 241 Å². The van der Waals surface area contributed by atoms with Gasteiger partial charge in [0.2, 0.25) is 0 Å². The number of rotatable bonds is 9. The maximum Gasteiger partial charge on any atom is 0.0541 e. The number of hydrogen-bond donors (Lipinski definition) is 0. The van der Waals surface area contributed by atoms with Crippen LogP contribution in [0.2, 0.25) is 0 Å². The average Bonchev–Trinajstić information content (AvgIpc) is 3.61. The van der Waals surface area contributed by atoms with E-state index in [4.69, 9.17) is 0 Å². The fourth-order valence-electron chi connectivity index (χ4n) is 8.07. The standard InChI is InChI=1S/C43H33N.C14H16/c1-30(29-31-11-3-2-4-12-31)32-19-21-35(22-20-32)43-37-14-6-5-13-33(37)25-28-38(43)34-23-26-36(27-24-34)44-41-17-9-7-15-39(41)40-16-8-10-18-42(40)44;1-3-8-13(2)9-7-12-14-10-5-4-6-11-14/h2-28,30H,29H2,1H3;3-12H,1-2H3/b;8-3-,12-7+,13-9-. The second-order valence-corrected chi connectivity index (χ2v) is 15.0. The summed E-state index contributed by atoms with van der Waals surface area (Å²) in [6.07, 6.45) is 11.5. The molecule has 0 aliphatic carbocycles. The van der Waals surface area contributed by atoms with Crippen molar-refractivity contribution in [1.29, 1.82) is 0 Å². The van der Waals surface area contributed by atoms with E-state index in [0.717, 1.165) is 6.42 Å². The molecule has 0 aliphatic heterocycles. The van der Waals surface area contributed by atoms with Crippen LogP contribution in [0.15, 0.2) is 224 Å². The predicted molar refractivity (Wildman–Crippen MR) is 252 cm³/mol. The van der Waals surface area contributed by atoms with Gasteiger partial charge in [0, 0.05) is 16.5 Å². The molecule has 0 fully saturated rings. The van der Waals surface area contributed by atoms with E-state index in [1.54, 1.807) is 0 Å². The number of fused-ring (bicyclic) bond motifs is 4. The zero-order valence-electron chi connectivity index (χ0n) is 33.6. The minimum atomic E-state index is 0.451. The highest BCUT2D eigenvalue weighted by molar-refractivity contribution is 6.09. The first-order valence-corrected chi connectivity index (χ1v) is 20.3. The number of aromatic nitrogens is 1. The molecular weight excluding hydrogens is 699 g/mol. The summed E-state index contributed by atoms with van der Waals surface area (Å²) in [7, 11) is 0. The molecule has 1 atom stereocenters. The Labute approximate surface area is 343 Å². The van der Waals surface area contributed by atoms with E-state index in [1.807, 2.05) is 31.2 Å². The molecule has 0 aliphatic rings. The van der Waals surface area contributed by atoms with Crippen LogP contribution in [-0.2, 0) is 6.42 Å². The lowest BCUT2D eigenvalue weighted by molar-refractivity contribution is 0.759. The number of hydrogen-bond acceptors (Lipinski definition) is 0. The van der Waals surface area contributed by atoms with E-state index in [0.29, 0.717) is 5.92 Å². The van der Waals surface area contributed by atoms with Gasteiger partial charge in [-0.05, 0) is 100 Å². The summed E-state index contributed by atoms with van der Waals surface area (Å²) in [6.45, 7) is 6.44. The average molecular weight is 748 g/mol. The summed E-state index contributed by atoms with van der Waals surface area (Å²) < 4.78 is 2.38. The molecule has 0 radical (unpaired) electrons. The molecule has 0 N–H and O–H groups in total. The topological polar surface area (TPSA) is 4.93 Å². The molecule has 8 aromatic carbocycles. The number of nitrogens with zero attached hydrogens (tertiary/aromatic N) is 1. The molecule has 9 rings (SSSR count). The van der Waals surface area contributed by atoms with Crippen molar-refractivity contribution in [3.63, 3.8) is 0 Å². The summed E-state index contributed by atoms with van der Waals surface area (Å²) in [6, 6.07) is 70.1. The van der Waals surface area contributed by atoms with Crippen molar-refractivity contribution in [2.45, 2.75) is 33.1 Å². The molecule has 0 saturated carbocycles. The molecule has 0 spiro atoms. The van der Waals surface area contributed by atoms with Crippen molar-refractivity contribution in [3.8, 4) is 27.9 Å². The fraction of sp³-hybridized carbons (Fsp3) is 0.0877. The minimum Gasteiger partial charge on any atom is -0.309 e. The van der Waals surface area contributed by atoms with Crippen LogP contribution in [-0.4, -0.2) is 4.57 Å². The maximum absolute atomic E-state index is 2.38. The molecule has 1 heterocycles. The van der Waals surface area contributed by atoms with Gasteiger partial charge in [-0.3, -0.25) is 0 Å². The van der Waals surface area contributed by atoms with Gasteiger partial charge in [-0.25, -0.2) is 0 Å². The molecule has 1 aromatic heterocycles. The quantitative estimate of drug-likeness (QED) is 0.130. The lowest BCUT2D eigenvalue weighted by Gasteiger charge is -2.17. The normalized spacial score (nSPS) is 12.4. The van der Waals surface area contributed by atoms with Crippen molar-refractivity contribution < 1.29 is 0 Å². The Kier molecular flexibility index (Phi) is 11.7. The molecule has 0 bridgehead atoms. The van der Waals surface area contributed by atoms with Crippen LogP contribution in [0.4, 0.5) is 0 Å². The van der Waals surface area contributed by atoms with Crippen molar-refractivity contribution >= 4 is 38.7 Å². The van der Waals surface area contributed by atoms with E-state index in [2.05, 4.69) is 219 Å². The predicted octanol–water partition coefficient (Wildman–Crippen LogP) is 15.8. The molecule has 0 amide bonds. The molecule has 1 unspecified atom stereocenters. The first-order chi connectivity index (χ1) is 28.6. The van der Waals surface area contributed by atoms with Crippen molar-refractivity contribution in [2.75, 3.05) is 0 Å². The van der Waals surface area contributed by atoms with E-state index in [1.165, 1.54) is 82.8 Å². The summed E-state index contributed by atoms with van der Waals surface area (Å²) in [5.41, 5.74) is 13.9. The van der Waals surface area contributed by atoms with Gasteiger partial charge in [-0.1, -0.05) is 213 Å². The Morgan fingerprint density at radius 3 is 1.78 bits per heavy atom. The van der Waals surface area contributed by atoms with Crippen LogP contribution in [0, 0.1) is 0 Å². The maximum atomic E-state index is 2.38. The molecule has 58 heavy (non-hydrogen) atoms. The van der Waals surface area contributed by atoms with Crippen LogP contribution in [0.3, 0.4) is 0 Å². The largest absolute Gasteiger partial charge is 0.309 e. The van der Waals surface area contributed by atoms with Gasteiger partial charge in [0.05, 0.1) is 11.0 Å². The Bertz CT molecular complexity index is 2800. The lowest BCUT2D eigenvalue weighted by Crippen LogP contribution is -1.98. The first kappa shape index (κ1) is 37.9. The third kappa shape index (κ3) is 8.41. The number of benzene rings is 8. The molecular formula is C57H49N. The highest BCUT2D eigenvalue weighted by Crippen LogP contribution is 2.40. The summed E-state index contributed by atoms with van der Waals surface area (Å²) in [4.78, 5) is 0. The van der Waals surface area contributed by atoms with Crippen LogP contribution in [0.1, 0.15) is 43.4 Å². The third-order valence-corrected chi connectivity index (χ3v) is 11.0. The van der Waals surface area contributed by atoms with Crippen LogP contribution < -0.4 is 0 Å². The van der Waals surface area contributed by atoms with E-state index < -0.39 is 0 Å². The monoisotopic (exact) mass is 747 g/mol. The van der Waals surface area contributed by atoms with Gasteiger partial charge in [-0.2, -0.15) is 0 Å². The van der Waals surface area contributed by atoms with Crippen molar-refractivity contribution in [1.82, 2.24) is 4.57 Å². The minimum absolute atomic E-state index is 0.451. The summed E-state index contributed by atoms with van der Waals surface area (Å²) in [5, 5.41) is 5.10. The van der Waals surface area contributed by atoms with Gasteiger partial charge in [0.1, 0.15) is 0 Å². The molecule has 282 valence electrons. The summed E-state index contributed by atoms with van der Waals surface area (Å²) >= 11 is 0. The Balaban J connectivity index is 0.000000286. The lowest BCUT2D eigenvalue weighted by atomic mass is 9.88. The van der Waals surface area contributed by atoms with Gasteiger partial charge in [0.15, 0.2) is 0 Å². The van der Waals surface area contributed by atoms with Gasteiger partial charge >= 0.3 is 0 Å². The number of allylic oxidation sites excluding steroid dienone is 5. The molecule has 9 aromatic rings. The second-order valence-electron chi connectivity index (χ2n) is 15.0. The van der Waals surface area contributed by atoms with E-state index in [9.17, 15) is 0 Å². The third-order valence-electron chi connectivity index (χ3n) is 11.0. The van der Waals surface area contributed by atoms with Crippen LogP contribution in [0.25, 0.3) is 66.6 Å². The molecule has 1 heteroatoms. The van der Waals surface area contributed by atoms with Crippen LogP contribution in [0.5, 0.6) is 0 Å². The highest BCUT2D eigenvalue weighted by atomic mass is 15.0. The summed E-state index contributed by atoms with van der Waals surface area (Å²) in [5.74, 6) is 0.451. The van der Waals surface area contributed by atoms with E-state index >= 15 is 0 Å². The first-order valence-electron chi connectivity index (χ1n) is 20.3. The Hall–Kier alpha value is -6.96. The number of para-hydroxylation sites is 2. The van der Waals surface area contributed by atoms with Gasteiger partial charge < -0.3 is 4.57 Å². The smallest absolute Gasteiger partial charge is 0.0541 e. The molecule has 0 saturated heterocycles. The Morgan fingerprint density at radius 1 is 0.552 bits per heavy atom. The van der Waals surface area contributed by atoms with Crippen LogP contribution >= 0.6 is 0 Å². The molecule has 1 nitrogen and oxygen atoms in total. The second kappa shape index (κ2) is 17.9. The van der Waals surface area contributed by atoms with Crippen molar-refractivity contribution in [2.24, 2.45) is 0 Å².